The number of methoxy groups -OCH3 is 2. The summed E-state index contributed by atoms with van der Waals surface area (Å²) in [5, 5.41) is 44.5. The second kappa shape index (κ2) is 35.6. The van der Waals surface area contributed by atoms with Crippen molar-refractivity contribution in [1.29, 1.82) is 0 Å². The number of anilines is 3. The molecule has 9 N–H and O–H groups in total. The van der Waals surface area contributed by atoms with E-state index in [1.807, 2.05) is 13.8 Å². The molecule has 6 atom stereocenters. The Labute approximate surface area is 607 Å². The van der Waals surface area contributed by atoms with Gasteiger partial charge in [0, 0.05) is 68.3 Å². The van der Waals surface area contributed by atoms with Gasteiger partial charge in [0.05, 0.1) is 73.4 Å². The quantitative estimate of drug-likeness (QED) is 0.0126. The van der Waals surface area contributed by atoms with E-state index >= 15 is 0 Å². The van der Waals surface area contributed by atoms with Gasteiger partial charge in [-0.1, -0.05) is 92.8 Å². The molecule has 0 aromatic heterocycles. The first kappa shape index (κ1) is 78.4. The van der Waals surface area contributed by atoms with Crippen LogP contribution in [-0.4, -0.2) is 204 Å². The van der Waals surface area contributed by atoms with Gasteiger partial charge in [-0.15, -0.1) is 0 Å². The third-order valence-corrected chi connectivity index (χ3v) is 22.3. The summed E-state index contributed by atoms with van der Waals surface area (Å²) in [6, 6.07) is 7.73. The molecule has 0 radical (unpaired) electrons. The van der Waals surface area contributed by atoms with Gasteiger partial charge in [0.15, 0.2) is 35.5 Å². The molecule has 3 aromatic rings. The van der Waals surface area contributed by atoms with Crippen LogP contribution < -0.4 is 55.7 Å². The molecule has 1 saturated carbocycles. The summed E-state index contributed by atoms with van der Waals surface area (Å²) in [7, 11) is 5.99. The zero-order chi connectivity index (χ0) is 74.3. The number of imide groups is 1. The molecule has 0 bridgehead atoms. The number of nitrogens with two attached hydrogens (primary N) is 1. The molecule has 3 aromatic carbocycles. The van der Waals surface area contributed by atoms with Crippen LogP contribution in [0, 0.1) is 11.3 Å². The van der Waals surface area contributed by atoms with E-state index < -0.39 is 84.4 Å². The Balaban J connectivity index is 0.817. The van der Waals surface area contributed by atoms with Crippen molar-refractivity contribution in [2.75, 3.05) is 87.7 Å². The predicted molar refractivity (Wildman–Crippen MR) is 384 cm³/mol. The Hall–Kier alpha value is -8.78. The average molecular weight is 1470 g/mol. The van der Waals surface area contributed by atoms with Gasteiger partial charge < -0.3 is 80.5 Å². The Morgan fingerprint density at radius 2 is 1.32 bits per heavy atom. The lowest BCUT2D eigenvalue weighted by Gasteiger charge is -2.33. The van der Waals surface area contributed by atoms with Crippen LogP contribution >= 0.6 is 21.6 Å². The van der Waals surface area contributed by atoms with Crippen molar-refractivity contribution in [3.05, 3.63) is 89.5 Å². The molecule has 29 nitrogen and oxygen atoms in total. The number of ether oxygens (including phenoxy) is 6. The fourth-order valence-electron chi connectivity index (χ4n) is 13.7. The highest BCUT2D eigenvalue weighted by Crippen LogP contribution is 2.49. The van der Waals surface area contributed by atoms with Crippen LogP contribution in [0.1, 0.15) is 150 Å². The molecule has 103 heavy (non-hydrogen) atoms. The van der Waals surface area contributed by atoms with Crippen molar-refractivity contribution in [3.63, 3.8) is 0 Å². The van der Waals surface area contributed by atoms with Crippen molar-refractivity contribution in [2.45, 2.75) is 172 Å². The average Bonchev–Trinajstić information content (AvgIpc) is 1.61. The molecule has 5 heterocycles. The van der Waals surface area contributed by atoms with Gasteiger partial charge in [-0.3, -0.25) is 38.5 Å². The summed E-state index contributed by atoms with van der Waals surface area (Å²) < 4.78 is 35.7. The summed E-state index contributed by atoms with van der Waals surface area (Å²) >= 11 is 0. The Morgan fingerprint density at radius 3 is 1.91 bits per heavy atom. The van der Waals surface area contributed by atoms with E-state index in [-0.39, 0.29) is 152 Å². The molecule has 560 valence electrons. The molecule has 2 saturated heterocycles. The lowest BCUT2D eigenvalue weighted by molar-refractivity contribution is -0.137. The summed E-state index contributed by atoms with van der Waals surface area (Å²) in [5.74, 6) is -2.28. The van der Waals surface area contributed by atoms with Gasteiger partial charge >= 0.3 is 18.2 Å². The van der Waals surface area contributed by atoms with Gasteiger partial charge in [-0.05, 0) is 112 Å². The molecule has 11 amide bonds. The van der Waals surface area contributed by atoms with Gasteiger partial charge in [-0.25, -0.2) is 24.2 Å². The standard InChI is InChI=1S/C72H96N10O19S2/c1-43(2)61(77-58(84)18-10-8-13-28-78-59(85)23-24-60(78)86)63(88)76-49(17-16-27-74-68(73)93)62(87)75-46-21-19-45(20-22-46)40-100-69(94)81-50-36-56(54(96-6)34-47(50)64(89)79-39-44(3)33-52(79)66(81)91)98-30-14-9-15-31-99-57-37-51-48(35-55(57)97-7)65(90)80-41-71(4,5)38-53(80)67(92)82(51)70(95)101-42-72(25-11-12-26-72)103-102-32-29-83/h19-24,34-37,43,49,52-53,61,66-67,83,91-92H,3,8-18,25-33,38-42H2,1-2,4-7H3,(H,75,87)(H,76,88)(H,77,84)(H3,73,74,93)/t49-,52-,53-,61-,66?,67?/m0/s1. The number of carbonyl (C=O) groups excluding carboxylic acids is 10. The Morgan fingerprint density at radius 1 is 0.728 bits per heavy atom. The Kier molecular flexibility index (Phi) is 27.1. The number of unbranched alkanes of at least 4 members (excludes halogenated alkanes) is 4. The van der Waals surface area contributed by atoms with E-state index in [1.54, 1.807) is 53.8 Å². The number of urea groups is 1. The normalized spacial score (nSPS) is 19.9. The lowest BCUT2D eigenvalue weighted by atomic mass is 9.90. The van der Waals surface area contributed by atoms with Crippen molar-refractivity contribution in [1.82, 2.24) is 30.7 Å². The maximum Gasteiger partial charge on any atom is 0.416 e. The minimum atomic E-state index is -1.60. The van der Waals surface area contributed by atoms with E-state index in [0.29, 0.717) is 74.1 Å². The SMILES string of the molecule is C=C1C[C@H]2C(O)N(C(=O)OCc3ccc(NC(=O)[C@H](CCCNC(N)=O)NC(=O)[C@@H](NC(=O)CCCCCN4C(=O)C=CC4=O)C(C)C)cc3)c3cc(OCCCCCOc4cc5c(cc4OC)C(=O)N4CC(C)(C)C[C@H]4C(O)N5C(=O)OCC4(SSCCO)CCCC4)c(OC)cc3C(=O)N2C1. The number of primary amides is 1. The molecular weight excluding hydrogens is 1370 g/mol. The number of hydrogen-bond acceptors (Lipinski definition) is 21. The monoisotopic (exact) mass is 1470 g/mol. The fourth-order valence-corrected chi connectivity index (χ4v) is 16.5. The zero-order valence-corrected chi connectivity index (χ0v) is 60.8. The maximum absolute atomic E-state index is 14.5. The molecule has 6 aliphatic rings. The molecule has 9 rings (SSSR count). The first-order valence-electron chi connectivity index (χ1n) is 35.0. The van der Waals surface area contributed by atoms with Gasteiger partial charge in [0.2, 0.25) is 17.7 Å². The smallest absolute Gasteiger partial charge is 0.416 e. The van der Waals surface area contributed by atoms with Crippen molar-refractivity contribution < 1.29 is 91.7 Å². The summed E-state index contributed by atoms with van der Waals surface area (Å²) in [6.45, 7) is 12.5. The van der Waals surface area contributed by atoms with Crippen molar-refractivity contribution in [3.8, 4) is 23.0 Å². The van der Waals surface area contributed by atoms with Crippen molar-refractivity contribution >= 4 is 98.2 Å². The predicted octanol–water partition coefficient (Wildman–Crippen LogP) is 7.28. The minimum Gasteiger partial charge on any atom is -0.493 e. The molecule has 3 fully saturated rings. The first-order chi connectivity index (χ1) is 49.3. The zero-order valence-electron chi connectivity index (χ0n) is 59.2. The lowest BCUT2D eigenvalue weighted by Crippen LogP contribution is -2.54. The van der Waals surface area contributed by atoms with E-state index in [1.165, 1.54) is 71.2 Å². The fraction of sp³-hybridized carbons (Fsp3) is 0.556. The van der Waals surface area contributed by atoms with Crippen LogP contribution in [0.15, 0.2) is 72.8 Å². The molecule has 0 spiro atoms. The number of nitrogens with one attached hydrogen (secondary N) is 4. The van der Waals surface area contributed by atoms with Crippen LogP contribution in [0.5, 0.6) is 23.0 Å². The second-order valence-corrected chi connectivity index (χ2v) is 30.6. The number of aliphatic hydroxyl groups excluding tert-OH is 3. The highest BCUT2D eigenvalue weighted by atomic mass is 33.1. The third-order valence-electron chi connectivity index (χ3n) is 19.1. The van der Waals surface area contributed by atoms with Gasteiger partial charge in [0.1, 0.15) is 25.3 Å². The summed E-state index contributed by atoms with van der Waals surface area (Å²) in [5.41, 5.74) is 6.66. The minimum absolute atomic E-state index is 0.00167. The first-order valence-corrected chi connectivity index (χ1v) is 37.3. The number of aliphatic hydroxyl groups is 3. The van der Waals surface area contributed by atoms with Gasteiger partial charge in [0.25, 0.3) is 23.6 Å². The van der Waals surface area contributed by atoms with E-state index in [9.17, 15) is 63.3 Å². The number of nitrogens with zero attached hydrogens (tertiary/aromatic N) is 5. The van der Waals surface area contributed by atoms with Gasteiger partial charge in [-0.2, -0.15) is 0 Å². The molecule has 1 aliphatic carbocycles. The molecule has 5 aliphatic heterocycles. The number of amides is 11. The van der Waals surface area contributed by atoms with Crippen LogP contribution in [0.2, 0.25) is 0 Å². The largest absolute Gasteiger partial charge is 0.493 e. The van der Waals surface area contributed by atoms with Crippen molar-refractivity contribution in [2.24, 2.45) is 17.1 Å². The summed E-state index contributed by atoms with van der Waals surface area (Å²) in [6.07, 6.45) is 5.18. The molecule has 2 unspecified atom stereocenters. The number of benzene rings is 3. The van der Waals surface area contributed by atoms with Crippen LogP contribution in [0.4, 0.5) is 31.4 Å². The van der Waals surface area contributed by atoms with Crippen LogP contribution in [0.3, 0.4) is 0 Å². The number of hydrogen-bond donors (Lipinski definition) is 8. The second-order valence-electron chi connectivity index (χ2n) is 27.8. The third kappa shape index (κ3) is 19.5. The highest BCUT2D eigenvalue weighted by Gasteiger charge is 2.52. The van der Waals surface area contributed by atoms with E-state index in [2.05, 4.69) is 27.8 Å². The number of carbonyl (C=O) groups is 10. The molecular formula is C72H96N10O19S2. The van der Waals surface area contributed by atoms with Crippen LogP contribution in [-0.2, 0) is 40.1 Å². The highest BCUT2D eigenvalue weighted by molar-refractivity contribution is 8.77. The number of rotatable bonds is 34. The van der Waals surface area contributed by atoms with E-state index in [4.69, 9.17) is 34.2 Å². The molecule has 31 heteroatoms. The van der Waals surface area contributed by atoms with Crippen LogP contribution in [0.25, 0.3) is 0 Å². The maximum atomic E-state index is 14.5. The summed E-state index contributed by atoms with van der Waals surface area (Å²) in [4.78, 5) is 140. The topological polar surface area (TPSA) is 377 Å². The number of fused-ring (bicyclic) bond motifs is 4. The Bertz CT molecular complexity index is 3650. The van der Waals surface area contributed by atoms with E-state index in [0.717, 1.165) is 35.5 Å².